The monoisotopic (exact) mass is 278 g/mol. The quantitative estimate of drug-likeness (QED) is 0.932. The molecule has 0 aliphatic heterocycles. The average Bonchev–Trinajstić information content (AvgIpc) is 3.08. The van der Waals surface area contributed by atoms with Crippen molar-refractivity contribution in [3.8, 4) is 11.5 Å². The van der Waals surface area contributed by atoms with Crippen LogP contribution in [0.5, 0.6) is 0 Å². The second-order valence-electron chi connectivity index (χ2n) is 4.97. The SMILES string of the molecule is Cc1nc(-c2nc(C3CCCC3)nn2CCO)cs1. The topological polar surface area (TPSA) is 63.8 Å². The summed E-state index contributed by atoms with van der Waals surface area (Å²) < 4.78 is 1.79. The summed E-state index contributed by atoms with van der Waals surface area (Å²) in [7, 11) is 0. The first-order valence-corrected chi connectivity index (χ1v) is 7.64. The summed E-state index contributed by atoms with van der Waals surface area (Å²) in [6, 6.07) is 0. The minimum Gasteiger partial charge on any atom is -0.394 e. The Morgan fingerprint density at radius 1 is 1.37 bits per heavy atom. The molecule has 1 saturated carbocycles. The zero-order valence-corrected chi connectivity index (χ0v) is 11.9. The zero-order valence-electron chi connectivity index (χ0n) is 11.0. The highest BCUT2D eigenvalue weighted by molar-refractivity contribution is 7.09. The molecule has 6 heteroatoms. The van der Waals surface area contributed by atoms with Crippen LogP contribution in [0.3, 0.4) is 0 Å². The second kappa shape index (κ2) is 5.38. The van der Waals surface area contributed by atoms with Crippen LogP contribution in [0.2, 0.25) is 0 Å². The summed E-state index contributed by atoms with van der Waals surface area (Å²) in [5.74, 6) is 2.20. The first-order chi connectivity index (χ1) is 9.28. The van der Waals surface area contributed by atoms with Crippen molar-refractivity contribution in [1.82, 2.24) is 19.7 Å². The number of aliphatic hydroxyl groups is 1. The molecule has 0 atom stereocenters. The summed E-state index contributed by atoms with van der Waals surface area (Å²) in [4.78, 5) is 9.16. The van der Waals surface area contributed by atoms with Crippen molar-refractivity contribution in [3.63, 3.8) is 0 Å². The van der Waals surface area contributed by atoms with Gasteiger partial charge in [0, 0.05) is 11.3 Å². The number of aryl methyl sites for hydroxylation is 1. The third kappa shape index (κ3) is 2.55. The van der Waals surface area contributed by atoms with E-state index in [0.29, 0.717) is 12.5 Å². The van der Waals surface area contributed by atoms with Crippen molar-refractivity contribution >= 4 is 11.3 Å². The van der Waals surface area contributed by atoms with Gasteiger partial charge in [0.05, 0.1) is 18.2 Å². The Morgan fingerprint density at radius 2 is 2.16 bits per heavy atom. The highest BCUT2D eigenvalue weighted by Gasteiger charge is 2.23. The Balaban J connectivity index is 1.96. The van der Waals surface area contributed by atoms with E-state index in [1.807, 2.05) is 12.3 Å². The third-order valence-electron chi connectivity index (χ3n) is 3.57. The van der Waals surface area contributed by atoms with Crippen LogP contribution in [0.15, 0.2) is 5.38 Å². The smallest absolute Gasteiger partial charge is 0.178 e. The molecule has 1 fully saturated rings. The lowest BCUT2D eigenvalue weighted by Gasteiger charge is -2.01. The fourth-order valence-electron chi connectivity index (χ4n) is 2.62. The van der Waals surface area contributed by atoms with E-state index in [-0.39, 0.29) is 6.61 Å². The minimum atomic E-state index is 0.0730. The molecule has 0 spiro atoms. The first-order valence-electron chi connectivity index (χ1n) is 6.76. The van der Waals surface area contributed by atoms with Crippen LogP contribution >= 0.6 is 11.3 Å². The molecule has 3 rings (SSSR count). The standard InChI is InChI=1S/C13H18N4OS/c1-9-14-11(8-19-9)13-15-12(10-4-2-3-5-10)16-17(13)6-7-18/h8,10,18H,2-7H2,1H3. The van der Waals surface area contributed by atoms with Crippen molar-refractivity contribution in [2.75, 3.05) is 6.61 Å². The summed E-state index contributed by atoms with van der Waals surface area (Å²) in [6.45, 7) is 2.54. The Morgan fingerprint density at radius 3 is 2.79 bits per heavy atom. The molecule has 1 aliphatic rings. The molecule has 0 bridgehead atoms. The normalized spacial score (nSPS) is 16.3. The van der Waals surface area contributed by atoms with Gasteiger partial charge in [-0.25, -0.2) is 14.6 Å². The largest absolute Gasteiger partial charge is 0.394 e. The van der Waals surface area contributed by atoms with Gasteiger partial charge in [-0.2, -0.15) is 5.10 Å². The molecule has 0 amide bonds. The van der Waals surface area contributed by atoms with Gasteiger partial charge in [-0.3, -0.25) is 0 Å². The van der Waals surface area contributed by atoms with Gasteiger partial charge in [-0.05, 0) is 19.8 Å². The zero-order chi connectivity index (χ0) is 13.2. The second-order valence-corrected chi connectivity index (χ2v) is 6.04. The third-order valence-corrected chi connectivity index (χ3v) is 4.34. The van der Waals surface area contributed by atoms with Gasteiger partial charge in [-0.15, -0.1) is 11.3 Å². The van der Waals surface area contributed by atoms with Crippen molar-refractivity contribution in [2.24, 2.45) is 0 Å². The van der Waals surface area contributed by atoms with Crippen LogP contribution in [0.4, 0.5) is 0 Å². The van der Waals surface area contributed by atoms with E-state index < -0.39 is 0 Å². The van der Waals surface area contributed by atoms with Gasteiger partial charge in [0.25, 0.3) is 0 Å². The molecule has 0 unspecified atom stereocenters. The van der Waals surface area contributed by atoms with E-state index in [0.717, 1.165) is 22.4 Å². The molecule has 2 aromatic heterocycles. The maximum Gasteiger partial charge on any atom is 0.178 e. The average molecular weight is 278 g/mol. The molecule has 0 radical (unpaired) electrons. The van der Waals surface area contributed by atoms with Gasteiger partial charge < -0.3 is 5.11 Å². The molecule has 2 heterocycles. The Bertz CT molecular complexity index is 557. The number of aliphatic hydroxyl groups excluding tert-OH is 1. The maximum absolute atomic E-state index is 9.16. The molecule has 0 saturated heterocycles. The number of hydrogen-bond donors (Lipinski definition) is 1. The lowest BCUT2D eigenvalue weighted by molar-refractivity contribution is 0.269. The fourth-order valence-corrected chi connectivity index (χ4v) is 3.21. The van der Waals surface area contributed by atoms with Crippen molar-refractivity contribution in [1.29, 1.82) is 0 Å². The van der Waals surface area contributed by atoms with E-state index in [1.54, 1.807) is 16.0 Å². The Kier molecular flexibility index (Phi) is 3.61. The van der Waals surface area contributed by atoms with Crippen LogP contribution in [-0.2, 0) is 6.54 Å². The lowest BCUT2D eigenvalue weighted by atomic mass is 10.1. The van der Waals surface area contributed by atoms with E-state index in [2.05, 4.69) is 15.1 Å². The van der Waals surface area contributed by atoms with Crippen molar-refractivity contribution in [3.05, 3.63) is 16.2 Å². The fraction of sp³-hybridized carbons (Fsp3) is 0.615. The van der Waals surface area contributed by atoms with Crippen LogP contribution in [0, 0.1) is 6.92 Å². The molecular weight excluding hydrogens is 260 g/mol. The minimum absolute atomic E-state index is 0.0730. The summed E-state index contributed by atoms with van der Waals surface area (Å²) in [5, 5.41) is 16.8. The van der Waals surface area contributed by atoms with E-state index in [1.165, 1.54) is 25.7 Å². The number of nitrogens with zero attached hydrogens (tertiary/aromatic N) is 4. The van der Waals surface area contributed by atoms with E-state index >= 15 is 0 Å². The predicted molar refractivity (Wildman–Crippen MR) is 74.2 cm³/mol. The summed E-state index contributed by atoms with van der Waals surface area (Å²) in [5.41, 5.74) is 0.868. The van der Waals surface area contributed by atoms with Crippen LogP contribution < -0.4 is 0 Å². The first kappa shape index (κ1) is 12.7. The highest BCUT2D eigenvalue weighted by atomic mass is 32.1. The molecule has 0 aromatic carbocycles. The van der Waals surface area contributed by atoms with Gasteiger partial charge in [-0.1, -0.05) is 12.8 Å². The van der Waals surface area contributed by atoms with E-state index in [4.69, 9.17) is 5.11 Å². The summed E-state index contributed by atoms with van der Waals surface area (Å²) in [6.07, 6.45) is 4.89. The number of aromatic nitrogens is 4. The van der Waals surface area contributed by atoms with Crippen molar-refractivity contribution in [2.45, 2.75) is 45.1 Å². The van der Waals surface area contributed by atoms with Gasteiger partial charge >= 0.3 is 0 Å². The van der Waals surface area contributed by atoms with Crippen LogP contribution in [0.1, 0.15) is 42.4 Å². The maximum atomic E-state index is 9.16. The number of thiazole rings is 1. The number of hydrogen-bond acceptors (Lipinski definition) is 5. The van der Waals surface area contributed by atoms with Crippen molar-refractivity contribution < 1.29 is 5.11 Å². The Hall–Kier alpha value is -1.27. The molecule has 1 aliphatic carbocycles. The number of rotatable bonds is 4. The molecule has 1 N–H and O–H groups in total. The Labute approximate surface area is 116 Å². The van der Waals surface area contributed by atoms with E-state index in [9.17, 15) is 0 Å². The lowest BCUT2D eigenvalue weighted by Crippen LogP contribution is -2.07. The summed E-state index contributed by atoms with van der Waals surface area (Å²) >= 11 is 1.61. The van der Waals surface area contributed by atoms with Gasteiger partial charge in [0.1, 0.15) is 5.69 Å². The molecule has 2 aromatic rings. The highest BCUT2D eigenvalue weighted by Crippen LogP contribution is 2.33. The molecule has 19 heavy (non-hydrogen) atoms. The van der Waals surface area contributed by atoms with Gasteiger partial charge in [0.15, 0.2) is 11.6 Å². The molecule has 5 nitrogen and oxygen atoms in total. The predicted octanol–water partition coefficient (Wildman–Crippen LogP) is 2.36. The van der Waals surface area contributed by atoms with Gasteiger partial charge in [0.2, 0.25) is 0 Å². The van der Waals surface area contributed by atoms with Crippen LogP contribution in [-0.4, -0.2) is 31.5 Å². The molecule has 102 valence electrons. The molecular formula is C13H18N4OS. The van der Waals surface area contributed by atoms with Crippen LogP contribution in [0.25, 0.3) is 11.5 Å².